The molecule has 3 N–H and O–H groups in total. The quantitative estimate of drug-likeness (QED) is 0.519. The summed E-state index contributed by atoms with van der Waals surface area (Å²) in [6, 6.07) is 5.32. The third kappa shape index (κ3) is 6.08. The van der Waals surface area contributed by atoms with E-state index in [0.29, 0.717) is 12.8 Å². The van der Waals surface area contributed by atoms with Gasteiger partial charge in [0.2, 0.25) is 0 Å². The van der Waals surface area contributed by atoms with E-state index in [1.165, 1.54) is 0 Å². The first kappa shape index (κ1) is 20.9. The van der Waals surface area contributed by atoms with Crippen LogP contribution in [-0.2, 0) is 0 Å². The Balaban J connectivity index is 2.80. The van der Waals surface area contributed by atoms with Crippen LogP contribution in [0.2, 0.25) is 0 Å². The van der Waals surface area contributed by atoms with Gasteiger partial charge >= 0.3 is 0 Å². The van der Waals surface area contributed by atoms with Crippen molar-refractivity contribution in [3.63, 3.8) is 0 Å². The number of hydrogen-bond donors (Lipinski definition) is 3. The van der Waals surface area contributed by atoms with Gasteiger partial charge in [0.15, 0.2) is 0 Å². The lowest BCUT2D eigenvalue weighted by molar-refractivity contribution is 0.00885. The smallest absolute Gasteiger partial charge is 0.122 e. The van der Waals surface area contributed by atoms with Crippen molar-refractivity contribution in [2.75, 3.05) is 0 Å². The Kier molecular flexibility index (Phi) is 8.74. The molecule has 3 nitrogen and oxygen atoms in total. The van der Waals surface area contributed by atoms with Crippen molar-refractivity contribution in [3.05, 3.63) is 46.5 Å². The van der Waals surface area contributed by atoms with Crippen LogP contribution in [0.25, 0.3) is 6.08 Å². The Labute approximate surface area is 153 Å². The van der Waals surface area contributed by atoms with Crippen LogP contribution in [-0.4, -0.2) is 27.5 Å². The predicted molar refractivity (Wildman–Crippen MR) is 104 cm³/mol. The van der Waals surface area contributed by atoms with Crippen molar-refractivity contribution in [1.29, 1.82) is 0 Å². The second-order valence-electron chi connectivity index (χ2n) is 6.51. The zero-order valence-electron chi connectivity index (χ0n) is 14.7. The maximum atomic E-state index is 10.4. The number of benzene rings is 1. The van der Waals surface area contributed by atoms with E-state index in [0.717, 1.165) is 22.0 Å². The van der Waals surface area contributed by atoms with E-state index >= 15 is 0 Å². The van der Waals surface area contributed by atoms with Crippen LogP contribution in [0, 0.1) is 11.8 Å². The van der Waals surface area contributed by atoms with E-state index in [1.54, 1.807) is 18.2 Å². The maximum absolute atomic E-state index is 10.4. The molecule has 0 saturated carbocycles. The molecular formula is C20H29BrO3. The lowest BCUT2D eigenvalue weighted by Crippen LogP contribution is -2.33. The van der Waals surface area contributed by atoms with E-state index in [9.17, 15) is 15.3 Å². The molecule has 1 aromatic rings. The standard InChI is InChI=1S/C20H29BrO3/c1-5-14(11-15-12-16(21)8-10-18(15)22)7-9-19(23)17(6-2)20(24)13(3)4/h6,8,10-13,17,19-20,22-24H,2,5,7,9H2,1,3-4H3/b14-11+/t17-,19-,20-/m1/s1. The number of aliphatic hydroxyl groups is 2. The van der Waals surface area contributed by atoms with Gasteiger partial charge in [0.25, 0.3) is 0 Å². The predicted octanol–water partition coefficient (Wildman–Crippen LogP) is 4.91. The Morgan fingerprint density at radius 2 is 1.96 bits per heavy atom. The summed E-state index contributed by atoms with van der Waals surface area (Å²) in [5, 5.41) is 30.6. The molecule has 0 aliphatic carbocycles. The summed E-state index contributed by atoms with van der Waals surface area (Å²) in [5.41, 5.74) is 1.91. The van der Waals surface area contributed by atoms with E-state index in [2.05, 4.69) is 29.4 Å². The molecule has 1 rings (SSSR count). The molecule has 4 heteroatoms. The summed E-state index contributed by atoms with van der Waals surface area (Å²) in [4.78, 5) is 0. The lowest BCUT2D eigenvalue weighted by atomic mass is 9.86. The van der Waals surface area contributed by atoms with Gasteiger partial charge in [0, 0.05) is 16.0 Å². The molecule has 0 radical (unpaired) electrons. The molecule has 0 aliphatic rings. The highest BCUT2D eigenvalue weighted by molar-refractivity contribution is 9.10. The van der Waals surface area contributed by atoms with Crippen LogP contribution in [0.15, 0.2) is 40.9 Å². The largest absolute Gasteiger partial charge is 0.507 e. The number of hydrogen-bond acceptors (Lipinski definition) is 3. The average Bonchev–Trinajstić information content (AvgIpc) is 2.54. The summed E-state index contributed by atoms with van der Waals surface area (Å²) in [6.07, 6.45) is 4.48. The molecule has 0 saturated heterocycles. The van der Waals surface area contributed by atoms with E-state index in [-0.39, 0.29) is 17.6 Å². The summed E-state index contributed by atoms with van der Waals surface area (Å²) in [7, 11) is 0. The maximum Gasteiger partial charge on any atom is 0.122 e. The van der Waals surface area contributed by atoms with E-state index < -0.39 is 12.2 Å². The molecule has 0 amide bonds. The highest BCUT2D eigenvalue weighted by atomic mass is 79.9. The van der Waals surface area contributed by atoms with Crippen LogP contribution in [0.3, 0.4) is 0 Å². The molecule has 0 unspecified atom stereocenters. The van der Waals surface area contributed by atoms with Gasteiger partial charge in [-0.15, -0.1) is 6.58 Å². The Hall–Kier alpha value is -1.10. The molecule has 134 valence electrons. The Morgan fingerprint density at radius 1 is 1.29 bits per heavy atom. The van der Waals surface area contributed by atoms with Crippen LogP contribution in [0.5, 0.6) is 5.75 Å². The first-order valence-corrected chi connectivity index (χ1v) is 9.26. The molecule has 0 spiro atoms. The number of allylic oxidation sites excluding steroid dienone is 1. The Bertz CT molecular complexity index is 566. The molecule has 24 heavy (non-hydrogen) atoms. The number of phenols is 1. The second-order valence-corrected chi connectivity index (χ2v) is 7.43. The van der Waals surface area contributed by atoms with Gasteiger partial charge in [-0.3, -0.25) is 0 Å². The highest BCUT2D eigenvalue weighted by Crippen LogP contribution is 2.27. The molecule has 0 aliphatic heterocycles. The SMILES string of the molecule is C=C[C@H]([C@H](O)CC/C(=C/c1cc(Br)ccc1O)CC)[C@H](O)C(C)C. The molecule has 1 aromatic carbocycles. The topological polar surface area (TPSA) is 60.7 Å². The highest BCUT2D eigenvalue weighted by Gasteiger charge is 2.26. The normalized spacial score (nSPS) is 16.0. The van der Waals surface area contributed by atoms with Gasteiger partial charge in [-0.25, -0.2) is 0 Å². The van der Waals surface area contributed by atoms with Gasteiger partial charge in [-0.05, 0) is 43.4 Å². The minimum absolute atomic E-state index is 0.0717. The van der Waals surface area contributed by atoms with Gasteiger partial charge in [0.1, 0.15) is 5.75 Å². The molecule has 3 atom stereocenters. The number of phenolic OH excluding ortho intramolecular Hbond substituents is 1. The number of rotatable bonds is 9. The molecule has 0 aromatic heterocycles. The minimum Gasteiger partial charge on any atom is -0.507 e. The number of halogens is 1. The monoisotopic (exact) mass is 396 g/mol. The zero-order chi connectivity index (χ0) is 18.3. The van der Waals surface area contributed by atoms with Crippen molar-refractivity contribution < 1.29 is 15.3 Å². The minimum atomic E-state index is -0.633. The molecule has 0 bridgehead atoms. The lowest BCUT2D eigenvalue weighted by Gasteiger charge is -2.27. The summed E-state index contributed by atoms with van der Waals surface area (Å²) < 4.78 is 0.911. The van der Waals surface area contributed by atoms with Gasteiger partial charge in [-0.2, -0.15) is 0 Å². The summed E-state index contributed by atoms with van der Waals surface area (Å²) in [6.45, 7) is 9.67. The van der Waals surface area contributed by atoms with Gasteiger partial charge in [0.05, 0.1) is 12.2 Å². The van der Waals surface area contributed by atoms with Crippen molar-refractivity contribution in [1.82, 2.24) is 0 Å². The first-order valence-electron chi connectivity index (χ1n) is 8.46. The second kappa shape index (κ2) is 10.0. The van der Waals surface area contributed by atoms with Crippen molar-refractivity contribution in [3.8, 4) is 5.75 Å². The Morgan fingerprint density at radius 3 is 2.50 bits per heavy atom. The van der Waals surface area contributed by atoms with Gasteiger partial charge < -0.3 is 15.3 Å². The zero-order valence-corrected chi connectivity index (χ0v) is 16.3. The van der Waals surface area contributed by atoms with Crippen molar-refractivity contribution in [2.45, 2.75) is 52.2 Å². The average molecular weight is 397 g/mol. The van der Waals surface area contributed by atoms with Crippen LogP contribution in [0.1, 0.15) is 45.6 Å². The third-order valence-corrected chi connectivity index (χ3v) is 4.85. The van der Waals surface area contributed by atoms with Crippen molar-refractivity contribution >= 4 is 22.0 Å². The van der Waals surface area contributed by atoms with Crippen LogP contribution >= 0.6 is 15.9 Å². The van der Waals surface area contributed by atoms with Crippen LogP contribution in [0.4, 0.5) is 0 Å². The number of aromatic hydroxyl groups is 1. The molecule has 0 fully saturated rings. The summed E-state index contributed by atoms with van der Waals surface area (Å²) >= 11 is 3.41. The van der Waals surface area contributed by atoms with Gasteiger partial charge in [-0.1, -0.05) is 54.4 Å². The molecule has 0 heterocycles. The van der Waals surface area contributed by atoms with Crippen LogP contribution < -0.4 is 0 Å². The fourth-order valence-electron chi connectivity index (χ4n) is 2.71. The first-order chi connectivity index (χ1) is 11.3. The fraction of sp³-hybridized carbons (Fsp3) is 0.500. The van der Waals surface area contributed by atoms with E-state index in [4.69, 9.17) is 0 Å². The fourth-order valence-corrected chi connectivity index (χ4v) is 3.08. The molecular weight excluding hydrogens is 368 g/mol. The van der Waals surface area contributed by atoms with E-state index in [1.807, 2.05) is 26.0 Å². The third-order valence-electron chi connectivity index (χ3n) is 4.36. The van der Waals surface area contributed by atoms with Crippen molar-refractivity contribution in [2.24, 2.45) is 11.8 Å². The summed E-state index contributed by atoms with van der Waals surface area (Å²) in [5.74, 6) is -0.0197. The number of aliphatic hydroxyl groups excluding tert-OH is 2.